The Kier molecular flexibility index (Phi) is 4.55. The molecule has 0 aliphatic carbocycles. The number of quaternary nitrogens is 1. The third kappa shape index (κ3) is 3.96. The maximum atomic E-state index is 12.7. The topological polar surface area (TPSA) is 22.9 Å². The monoisotopic (exact) mass is 254 g/mol. The first-order valence-corrected chi connectivity index (χ1v) is 6.51. The van der Waals surface area contributed by atoms with E-state index >= 15 is 0 Å². The first kappa shape index (κ1) is 13.3. The summed E-state index contributed by atoms with van der Waals surface area (Å²) in [4.78, 5) is 1.50. The van der Waals surface area contributed by atoms with Gasteiger partial charge in [-0.15, -0.1) is 0 Å². The molecule has 1 aromatic carbocycles. The van der Waals surface area contributed by atoms with Crippen LogP contribution in [-0.4, -0.2) is 38.4 Å². The first-order chi connectivity index (χ1) is 8.63. The van der Waals surface area contributed by atoms with Gasteiger partial charge in [-0.2, -0.15) is 0 Å². The van der Waals surface area contributed by atoms with Gasteiger partial charge in [-0.3, -0.25) is 0 Å². The molecule has 1 fully saturated rings. The standard InChI is InChI=1S/C14H20FNO2/c1-11-9-16(10-12(2)18-11)7-8-17-14-5-3-13(15)4-6-14/h3-6,11-12H,7-10H2,1-2H3/p+1/t11-,12-/m1/s1. The van der Waals surface area contributed by atoms with Gasteiger partial charge in [0.1, 0.15) is 50.0 Å². The number of hydrogen-bond donors (Lipinski definition) is 1. The fourth-order valence-corrected chi connectivity index (χ4v) is 2.44. The van der Waals surface area contributed by atoms with Gasteiger partial charge in [-0.25, -0.2) is 4.39 Å². The summed E-state index contributed by atoms with van der Waals surface area (Å²) in [7, 11) is 0. The van der Waals surface area contributed by atoms with Gasteiger partial charge in [0.2, 0.25) is 0 Å². The second-order valence-electron chi connectivity index (χ2n) is 4.97. The Balaban J connectivity index is 1.73. The average molecular weight is 254 g/mol. The molecule has 0 radical (unpaired) electrons. The minimum absolute atomic E-state index is 0.233. The molecular formula is C14H21FNO2+. The van der Waals surface area contributed by atoms with Crippen molar-refractivity contribution in [3.05, 3.63) is 30.1 Å². The van der Waals surface area contributed by atoms with Crippen molar-refractivity contribution in [2.45, 2.75) is 26.1 Å². The van der Waals surface area contributed by atoms with Gasteiger partial charge in [0, 0.05) is 0 Å². The van der Waals surface area contributed by atoms with E-state index in [0.29, 0.717) is 18.8 Å². The zero-order valence-corrected chi connectivity index (χ0v) is 11.0. The Morgan fingerprint density at radius 3 is 2.44 bits per heavy atom. The van der Waals surface area contributed by atoms with Crippen LogP contribution in [0.1, 0.15) is 13.8 Å². The van der Waals surface area contributed by atoms with Gasteiger partial charge in [0.15, 0.2) is 0 Å². The van der Waals surface area contributed by atoms with E-state index in [1.165, 1.54) is 17.0 Å². The van der Waals surface area contributed by atoms with Crippen LogP contribution in [0, 0.1) is 5.82 Å². The lowest BCUT2D eigenvalue weighted by Gasteiger charge is -2.32. The van der Waals surface area contributed by atoms with Gasteiger partial charge < -0.3 is 14.4 Å². The van der Waals surface area contributed by atoms with Crippen molar-refractivity contribution in [2.75, 3.05) is 26.2 Å². The maximum absolute atomic E-state index is 12.7. The summed E-state index contributed by atoms with van der Waals surface area (Å²) in [5.41, 5.74) is 0. The van der Waals surface area contributed by atoms with Crippen molar-refractivity contribution in [1.29, 1.82) is 0 Å². The van der Waals surface area contributed by atoms with E-state index in [4.69, 9.17) is 9.47 Å². The normalized spacial score (nSPS) is 28.1. The van der Waals surface area contributed by atoms with Gasteiger partial charge in [-0.1, -0.05) is 0 Å². The number of benzene rings is 1. The number of hydrogen-bond acceptors (Lipinski definition) is 2. The number of nitrogens with one attached hydrogen (secondary N) is 1. The summed E-state index contributed by atoms with van der Waals surface area (Å²) in [6.07, 6.45) is 0.629. The molecule has 1 aliphatic heterocycles. The maximum Gasteiger partial charge on any atom is 0.137 e. The largest absolute Gasteiger partial charge is 0.488 e. The van der Waals surface area contributed by atoms with Crippen LogP contribution in [-0.2, 0) is 4.74 Å². The van der Waals surface area contributed by atoms with Crippen molar-refractivity contribution in [3.8, 4) is 5.75 Å². The van der Waals surface area contributed by atoms with Gasteiger partial charge >= 0.3 is 0 Å². The molecule has 2 atom stereocenters. The van der Waals surface area contributed by atoms with E-state index in [0.717, 1.165) is 25.4 Å². The lowest BCUT2D eigenvalue weighted by molar-refractivity contribution is -0.915. The van der Waals surface area contributed by atoms with Crippen molar-refractivity contribution >= 4 is 0 Å². The van der Waals surface area contributed by atoms with Gasteiger partial charge in [-0.05, 0) is 38.1 Å². The Labute approximate surface area is 107 Å². The fourth-order valence-electron chi connectivity index (χ4n) is 2.44. The van der Waals surface area contributed by atoms with Gasteiger partial charge in [0.25, 0.3) is 0 Å². The average Bonchev–Trinajstić information content (AvgIpc) is 2.30. The van der Waals surface area contributed by atoms with Crippen LogP contribution < -0.4 is 9.64 Å². The molecule has 1 heterocycles. The summed E-state index contributed by atoms with van der Waals surface area (Å²) in [5.74, 6) is 0.494. The minimum Gasteiger partial charge on any atom is -0.488 e. The number of rotatable bonds is 4. The molecule has 3 nitrogen and oxygen atoms in total. The highest BCUT2D eigenvalue weighted by Crippen LogP contribution is 2.10. The first-order valence-electron chi connectivity index (χ1n) is 6.51. The van der Waals surface area contributed by atoms with Crippen molar-refractivity contribution < 1.29 is 18.8 Å². The Morgan fingerprint density at radius 1 is 1.22 bits per heavy atom. The second kappa shape index (κ2) is 6.16. The predicted molar refractivity (Wildman–Crippen MR) is 67.5 cm³/mol. The van der Waals surface area contributed by atoms with Gasteiger partial charge in [0.05, 0.1) is 0 Å². The summed E-state index contributed by atoms with van der Waals surface area (Å²) in [6.45, 7) is 7.87. The Morgan fingerprint density at radius 2 is 1.83 bits per heavy atom. The van der Waals surface area contributed by atoms with E-state index < -0.39 is 0 Å². The second-order valence-corrected chi connectivity index (χ2v) is 4.97. The zero-order valence-electron chi connectivity index (χ0n) is 11.0. The molecule has 1 aromatic rings. The minimum atomic E-state index is -0.233. The van der Waals surface area contributed by atoms with Crippen LogP contribution in [0.4, 0.5) is 4.39 Å². The third-order valence-electron chi connectivity index (χ3n) is 3.15. The summed E-state index contributed by atoms with van der Waals surface area (Å²) in [5, 5.41) is 0. The summed E-state index contributed by atoms with van der Waals surface area (Å²) in [6, 6.07) is 6.16. The Bertz CT molecular complexity index is 359. The summed E-state index contributed by atoms with van der Waals surface area (Å²) >= 11 is 0. The molecule has 0 spiro atoms. The van der Waals surface area contributed by atoms with Crippen molar-refractivity contribution in [3.63, 3.8) is 0 Å². The molecule has 1 N–H and O–H groups in total. The molecule has 0 bridgehead atoms. The number of ether oxygens (including phenoxy) is 2. The van der Waals surface area contributed by atoms with E-state index in [1.54, 1.807) is 12.1 Å². The third-order valence-corrected chi connectivity index (χ3v) is 3.15. The molecule has 0 aromatic heterocycles. The molecule has 0 saturated carbocycles. The number of morpholine rings is 1. The Hall–Kier alpha value is -1.13. The lowest BCUT2D eigenvalue weighted by Crippen LogP contribution is -3.16. The summed E-state index contributed by atoms with van der Waals surface area (Å²) < 4.78 is 24.0. The van der Waals surface area contributed by atoms with Crippen LogP contribution in [0.15, 0.2) is 24.3 Å². The molecule has 0 amide bonds. The fraction of sp³-hybridized carbons (Fsp3) is 0.571. The molecule has 18 heavy (non-hydrogen) atoms. The molecule has 100 valence electrons. The zero-order chi connectivity index (χ0) is 13.0. The molecule has 1 saturated heterocycles. The van der Waals surface area contributed by atoms with E-state index in [9.17, 15) is 4.39 Å². The van der Waals surface area contributed by atoms with E-state index in [1.807, 2.05) is 0 Å². The molecule has 0 unspecified atom stereocenters. The van der Waals surface area contributed by atoms with Crippen molar-refractivity contribution in [1.82, 2.24) is 0 Å². The molecular weight excluding hydrogens is 233 g/mol. The van der Waals surface area contributed by atoms with Crippen LogP contribution >= 0.6 is 0 Å². The quantitative estimate of drug-likeness (QED) is 0.862. The van der Waals surface area contributed by atoms with E-state index in [-0.39, 0.29) is 5.82 Å². The molecule has 4 heteroatoms. The highest BCUT2D eigenvalue weighted by molar-refractivity contribution is 5.21. The number of halogens is 1. The smallest absolute Gasteiger partial charge is 0.137 e. The highest BCUT2D eigenvalue weighted by Gasteiger charge is 2.25. The molecule has 2 rings (SSSR count). The van der Waals surface area contributed by atoms with Crippen LogP contribution in [0.2, 0.25) is 0 Å². The molecule has 1 aliphatic rings. The van der Waals surface area contributed by atoms with Crippen LogP contribution in [0.3, 0.4) is 0 Å². The lowest BCUT2D eigenvalue weighted by atomic mass is 10.2. The predicted octanol–water partition coefficient (Wildman–Crippen LogP) is 0.897. The van der Waals surface area contributed by atoms with E-state index in [2.05, 4.69) is 13.8 Å². The van der Waals surface area contributed by atoms with Crippen LogP contribution in [0.25, 0.3) is 0 Å². The van der Waals surface area contributed by atoms with Crippen molar-refractivity contribution in [2.24, 2.45) is 0 Å². The van der Waals surface area contributed by atoms with Crippen LogP contribution in [0.5, 0.6) is 5.75 Å². The highest BCUT2D eigenvalue weighted by atomic mass is 19.1. The SMILES string of the molecule is C[C@@H]1C[NH+](CCOc2ccc(F)cc2)C[C@@H](C)O1.